The third kappa shape index (κ3) is 4.93. The molecule has 6 N–H and O–H groups in total. The molecule has 170 valence electrons. The van der Waals surface area contributed by atoms with E-state index in [-0.39, 0.29) is 18.9 Å². The molecule has 3 aromatic rings. The Bertz CT molecular complexity index is 1090. The van der Waals surface area contributed by atoms with Gasteiger partial charge >= 0.3 is 0 Å². The van der Waals surface area contributed by atoms with Crippen molar-refractivity contribution in [3.63, 3.8) is 0 Å². The zero-order valence-electron chi connectivity index (χ0n) is 17.9. The molecule has 10 heteroatoms. The van der Waals surface area contributed by atoms with Crippen LogP contribution in [0.2, 0.25) is 0 Å². The van der Waals surface area contributed by atoms with Crippen LogP contribution in [0.25, 0.3) is 10.9 Å². The van der Waals surface area contributed by atoms with Crippen molar-refractivity contribution in [2.75, 3.05) is 30.4 Å². The Kier molecular flexibility index (Phi) is 7.52. The second kappa shape index (κ2) is 10.3. The highest BCUT2D eigenvalue weighted by molar-refractivity contribution is 5.94. The molecule has 0 aliphatic carbocycles. The van der Waals surface area contributed by atoms with Gasteiger partial charge in [-0.2, -0.15) is 0 Å². The molecule has 32 heavy (non-hydrogen) atoms. The lowest BCUT2D eigenvalue weighted by molar-refractivity contribution is -0.383. The molecule has 0 bridgehead atoms. The maximum absolute atomic E-state index is 11.6. The smallest absolute Gasteiger partial charge is 0.293 e. The highest BCUT2D eigenvalue weighted by Crippen LogP contribution is 2.33. The minimum Gasteiger partial charge on any atom is -0.396 e. The van der Waals surface area contributed by atoms with Gasteiger partial charge in [0, 0.05) is 43.3 Å². The van der Waals surface area contributed by atoms with E-state index >= 15 is 0 Å². The SMILES string of the molecule is CCNc1cc2ncnc(NCc3ccccc3C(N)(CCO)CCO)c2cc1[N+](=O)[O-]. The van der Waals surface area contributed by atoms with Gasteiger partial charge in [0.1, 0.15) is 17.8 Å². The first-order valence-electron chi connectivity index (χ1n) is 10.4. The Morgan fingerprint density at radius 3 is 2.50 bits per heavy atom. The van der Waals surface area contributed by atoms with Gasteiger partial charge < -0.3 is 26.6 Å². The van der Waals surface area contributed by atoms with Gasteiger partial charge in [0.2, 0.25) is 0 Å². The molecule has 0 saturated heterocycles. The van der Waals surface area contributed by atoms with Crippen molar-refractivity contribution >= 4 is 28.1 Å². The van der Waals surface area contributed by atoms with Gasteiger partial charge in [-0.05, 0) is 37.0 Å². The van der Waals surface area contributed by atoms with Gasteiger partial charge in [-0.25, -0.2) is 9.97 Å². The average molecular weight is 441 g/mol. The first-order chi connectivity index (χ1) is 15.4. The number of aliphatic hydroxyl groups is 2. The van der Waals surface area contributed by atoms with Crippen LogP contribution in [0.15, 0.2) is 42.7 Å². The van der Waals surface area contributed by atoms with Gasteiger partial charge in [-0.3, -0.25) is 10.1 Å². The average Bonchev–Trinajstić information content (AvgIpc) is 2.77. The fourth-order valence-corrected chi connectivity index (χ4v) is 3.85. The molecule has 0 radical (unpaired) electrons. The van der Waals surface area contributed by atoms with Crippen LogP contribution >= 0.6 is 0 Å². The quantitative estimate of drug-likeness (QED) is 0.223. The number of fused-ring (bicyclic) bond motifs is 1. The minimum atomic E-state index is -0.880. The maximum atomic E-state index is 11.6. The van der Waals surface area contributed by atoms with Crippen LogP contribution in [0.5, 0.6) is 0 Å². The van der Waals surface area contributed by atoms with Crippen LogP contribution in [0, 0.1) is 10.1 Å². The van der Waals surface area contributed by atoms with E-state index in [0.29, 0.717) is 48.3 Å². The second-order valence-corrected chi connectivity index (χ2v) is 7.51. The highest BCUT2D eigenvalue weighted by atomic mass is 16.6. The first kappa shape index (κ1) is 23.3. The van der Waals surface area contributed by atoms with Crippen LogP contribution < -0.4 is 16.4 Å². The molecule has 0 atom stereocenters. The number of nitro groups is 1. The van der Waals surface area contributed by atoms with E-state index in [1.165, 1.54) is 12.4 Å². The van der Waals surface area contributed by atoms with Gasteiger partial charge in [0.05, 0.1) is 10.4 Å². The fraction of sp³-hybridized carbons (Fsp3) is 0.364. The third-order valence-electron chi connectivity index (χ3n) is 5.43. The first-order valence-corrected chi connectivity index (χ1v) is 10.4. The van der Waals surface area contributed by atoms with E-state index in [9.17, 15) is 20.3 Å². The summed E-state index contributed by atoms with van der Waals surface area (Å²) in [7, 11) is 0. The van der Waals surface area contributed by atoms with E-state index in [4.69, 9.17) is 5.73 Å². The predicted octanol–water partition coefficient (Wildman–Crippen LogP) is 2.50. The molecule has 10 nitrogen and oxygen atoms in total. The zero-order chi connectivity index (χ0) is 23.1. The Morgan fingerprint density at radius 2 is 1.84 bits per heavy atom. The highest BCUT2D eigenvalue weighted by Gasteiger charge is 2.28. The summed E-state index contributed by atoms with van der Waals surface area (Å²) in [5.74, 6) is 0.461. The van der Waals surface area contributed by atoms with Crippen molar-refractivity contribution in [1.29, 1.82) is 0 Å². The fourth-order valence-electron chi connectivity index (χ4n) is 3.85. The number of anilines is 2. The molecule has 0 unspecified atom stereocenters. The van der Waals surface area contributed by atoms with Crippen molar-refractivity contribution in [1.82, 2.24) is 9.97 Å². The van der Waals surface area contributed by atoms with Crippen LogP contribution in [-0.2, 0) is 12.1 Å². The summed E-state index contributed by atoms with van der Waals surface area (Å²) >= 11 is 0. The van der Waals surface area contributed by atoms with Gasteiger partial charge in [-0.1, -0.05) is 24.3 Å². The zero-order valence-corrected chi connectivity index (χ0v) is 17.9. The summed E-state index contributed by atoms with van der Waals surface area (Å²) in [5.41, 5.74) is 8.28. The summed E-state index contributed by atoms with van der Waals surface area (Å²) in [6, 6.07) is 10.6. The van der Waals surface area contributed by atoms with Gasteiger partial charge in [-0.15, -0.1) is 0 Å². The number of hydrogen-bond acceptors (Lipinski definition) is 9. The largest absolute Gasteiger partial charge is 0.396 e. The molecule has 1 aromatic heterocycles. The van der Waals surface area contributed by atoms with Crippen molar-refractivity contribution < 1.29 is 15.1 Å². The number of nitro benzene ring substituents is 1. The molecule has 0 amide bonds. The van der Waals surface area contributed by atoms with Crippen LogP contribution in [0.3, 0.4) is 0 Å². The molecular formula is C22H28N6O4. The summed E-state index contributed by atoms with van der Waals surface area (Å²) in [6.07, 6.45) is 2.02. The number of nitrogens with two attached hydrogens (primary N) is 1. The monoisotopic (exact) mass is 440 g/mol. The standard InChI is InChI=1S/C22H28N6O4/c1-2-24-19-12-18-16(11-20(19)28(31)32)21(27-14-26-18)25-13-15-5-3-4-6-17(15)22(23,7-9-29)8-10-30/h3-6,11-12,14,24,29-30H,2,7-10,13,23H2,1H3,(H,25,26,27). The van der Waals surface area contributed by atoms with Crippen molar-refractivity contribution in [2.45, 2.75) is 31.8 Å². The Labute approximate surface area is 185 Å². The molecule has 0 aliphatic heterocycles. The Hall–Kier alpha value is -3.34. The lowest BCUT2D eigenvalue weighted by Gasteiger charge is -2.31. The predicted molar refractivity (Wildman–Crippen MR) is 123 cm³/mol. The van der Waals surface area contributed by atoms with Crippen LogP contribution in [0.1, 0.15) is 30.9 Å². The summed E-state index contributed by atoms with van der Waals surface area (Å²) < 4.78 is 0. The minimum absolute atomic E-state index is 0.0514. The Morgan fingerprint density at radius 1 is 1.12 bits per heavy atom. The summed E-state index contributed by atoms with van der Waals surface area (Å²) in [4.78, 5) is 19.7. The third-order valence-corrected chi connectivity index (χ3v) is 5.43. The molecule has 0 spiro atoms. The van der Waals surface area contributed by atoms with Crippen LogP contribution in [-0.4, -0.2) is 44.9 Å². The van der Waals surface area contributed by atoms with Gasteiger partial charge in [0.15, 0.2) is 0 Å². The second-order valence-electron chi connectivity index (χ2n) is 7.51. The normalized spacial score (nSPS) is 11.5. The van der Waals surface area contributed by atoms with Gasteiger partial charge in [0.25, 0.3) is 5.69 Å². The lowest BCUT2D eigenvalue weighted by Crippen LogP contribution is -2.39. The number of rotatable bonds is 11. The Balaban J connectivity index is 1.97. The number of nitrogens with one attached hydrogen (secondary N) is 2. The molecular weight excluding hydrogens is 412 g/mol. The lowest BCUT2D eigenvalue weighted by atomic mass is 9.82. The molecule has 0 saturated carbocycles. The van der Waals surface area contributed by atoms with E-state index in [2.05, 4.69) is 20.6 Å². The van der Waals surface area contributed by atoms with Crippen LogP contribution in [0.4, 0.5) is 17.2 Å². The van der Waals surface area contributed by atoms with E-state index in [0.717, 1.165) is 11.1 Å². The number of aromatic nitrogens is 2. The van der Waals surface area contributed by atoms with E-state index < -0.39 is 10.5 Å². The molecule has 0 aliphatic rings. The number of benzene rings is 2. The topological polar surface area (TPSA) is 159 Å². The van der Waals surface area contributed by atoms with E-state index in [1.54, 1.807) is 6.07 Å². The number of nitrogens with zero attached hydrogens (tertiary/aromatic N) is 3. The molecule has 0 fully saturated rings. The van der Waals surface area contributed by atoms with Crippen molar-refractivity contribution in [2.24, 2.45) is 5.73 Å². The summed E-state index contributed by atoms with van der Waals surface area (Å²) in [5, 5.41) is 37.3. The maximum Gasteiger partial charge on any atom is 0.293 e. The molecule has 2 aromatic carbocycles. The summed E-state index contributed by atoms with van der Waals surface area (Å²) in [6.45, 7) is 2.55. The number of hydrogen-bond donors (Lipinski definition) is 5. The number of aliphatic hydroxyl groups excluding tert-OH is 2. The molecule has 1 heterocycles. The van der Waals surface area contributed by atoms with Crippen molar-refractivity contribution in [3.05, 3.63) is 64.0 Å². The van der Waals surface area contributed by atoms with E-state index in [1.807, 2.05) is 31.2 Å². The molecule has 3 rings (SSSR count). The van der Waals surface area contributed by atoms with Crippen molar-refractivity contribution in [3.8, 4) is 0 Å².